The summed E-state index contributed by atoms with van der Waals surface area (Å²) in [5.74, 6) is 0.869. The molecular weight excluding hydrogens is 262 g/mol. The van der Waals surface area contributed by atoms with E-state index in [2.05, 4.69) is 17.1 Å². The number of para-hydroxylation sites is 2. The third kappa shape index (κ3) is 4.21. The fourth-order valence-corrected chi connectivity index (χ4v) is 3.05. The molecule has 2 rings (SSSR count). The molecule has 0 aromatic heterocycles. The van der Waals surface area contributed by atoms with Crippen LogP contribution in [0.5, 0.6) is 0 Å². The molecule has 0 bridgehead atoms. The zero-order chi connectivity index (χ0) is 15.2. The molecule has 1 aromatic rings. The molecule has 4 heteroatoms. The Labute approximate surface area is 127 Å². The Morgan fingerprint density at radius 2 is 2.05 bits per heavy atom. The monoisotopic (exact) mass is 289 g/mol. The average molecular weight is 289 g/mol. The van der Waals surface area contributed by atoms with Gasteiger partial charge in [0.25, 0.3) is 0 Å². The standard InChI is InChI=1S/C17H27N3O/c1-3-6-14-9-11-20(12-10-14)13(2)17(21)19-16-8-5-4-7-15(16)18/h4-5,7-8,13-14H,3,6,9-12,18H2,1-2H3,(H,19,21). The Morgan fingerprint density at radius 3 is 2.67 bits per heavy atom. The molecule has 1 atom stereocenters. The van der Waals surface area contributed by atoms with Crippen LogP contribution in [0.25, 0.3) is 0 Å². The molecule has 0 saturated carbocycles. The molecule has 116 valence electrons. The fraction of sp³-hybridized carbons (Fsp3) is 0.588. The van der Waals surface area contributed by atoms with Crippen LogP contribution in [0.4, 0.5) is 11.4 Å². The predicted molar refractivity (Wildman–Crippen MR) is 88.2 cm³/mol. The van der Waals surface area contributed by atoms with E-state index in [9.17, 15) is 4.79 Å². The molecule has 0 radical (unpaired) electrons. The third-order valence-corrected chi connectivity index (χ3v) is 4.49. The highest BCUT2D eigenvalue weighted by Crippen LogP contribution is 2.24. The van der Waals surface area contributed by atoms with Crippen LogP contribution < -0.4 is 11.1 Å². The molecule has 1 aliphatic rings. The van der Waals surface area contributed by atoms with Crippen molar-refractivity contribution < 1.29 is 4.79 Å². The van der Waals surface area contributed by atoms with Crippen molar-refractivity contribution in [2.24, 2.45) is 5.92 Å². The fourth-order valence-electron chi connectivity index (χ4n) is 3.05. The van der Waals surface area contributed by atoms with E-state index in [0.29, 0.717) is 11.4 Å². The van der Waals surface area contributed by atoms with Crippen molar-refractivity contribution in [1.29, 1.82) is 0 Å². The molecule has 1 amide bonds. The number of hydrogen-bond acceptors (Lipinski definition) is 3. The van der Waals surface area contributed by atoms with Crippen LogP contribution in [0.2, 0.25) is 0 Å². The number of benzene rings is 1. The average Bonchev–Trinajstić information content (AvgIpc) is 2.50. The Kier molecular flexibility index (Phi) is 5.62. The number of piperidine rings is 1. The zero-order valence-corrected chi connectivity index (χ0v) is 13.1. The van der Waals surface area contributed by atoms with Crippen LogP contribution in [-0.4, -0.2) is 29.9 Å². The summed E-state index contributed by atoms with van der Waals surface area (Å²) in [5.41, 5.74) is 7.19. The minimum Gasteiger partial charge on any atom is -0.397 e. The largest absolute Gasteiger partial charge is 0.397 e. The molecule has 21 heavy (non-hydrogen) atoms. The van der Waals surface area contributed by atoms with Crippen molar-refractivity contribution in [2.45, 2.75) is 45.6 Å². The van der Waals surface area contributed by atoms with E-state index in [4.69, 9.17) is 5.73 Å². The second-order valence-electron chi connectivity index (χ2n) is 6.02. The summed E-state index contributed by atoms with van der Waals surface area (Å²) >= 11 is 0. The van der Waals surface area contributed by atoms with Crippen molar-refractivity contribution in [3.8, 4) is 0 Å². The first-order valence-corrected chi connectivity index (χ1v) is 8.01. The number of nitrogens with two attached hydrogens (primary N) is 1. The first-order valence-electron chi connectivity index (χ1n) is 8.01. The van der Waals surface area contributed by atoms with Gasteiger partial charge in [-0.25, -0.2) is 0 Å². The summed E-state index contributed by atoms with van der Waals surface area (Å²) in [6.07, 6.45) is 4.99. The molecular formula is C17H27N3O. The van der Waals surface area contributed by atoms with Crippen molar-refractivity contribution in [2.75, 3.05) is 24.1 Å². The molecule has 1 saturated heterocycles. The van der Waals surface area contributed by atoms with Crippen LogP contribution in [0, 0.1) is 5.92 Å². The van der Waals surface area contributed by atoms with Gasteiger partial charge in [-0.15, -0.1) is 0 Å². The lowest BCUT2D eigenvalue weighted by Crippen LogP contribution is -2.46. The van der Waals surface area contributed by atoms with Gasteiger partial charge in [0.2, 0.25) is 5.91 Å². The lowest BCUT2D eigenvalue weighted by Gasteiger charge is -2.35. The van der Waals surface area contributed by atoms with Crippen molar-refractivity contribution >= 4 is 17.3 Å². The molecule has 4 nitrogen and oxygen atoms in total. The maximum absolute atomic E-state index is 12.4. The second kappa shape index (κ2) is 7.46. The number of amides is 1. The van der Waals surface area contributed by atoms with Gasteiger partial charge in [-0.05, 0) is 50.9 Å². The molecule has 1 unspecified atom stereocenters. The van der Waals surface area contributed by atoms with Gasteiger partial charge in [0, 0.05) is 0 Å². The number of carbonyl (C=O) groups is 1. The molecule has 3 N–H and O–H groups in total. The van der Waals surface area contributed by atoms with Crippen LogP contribution in [-0.2, 0) is 4.79 Å². The van der Waals surface area contributed by atoms with E-state index < -0.39 is 0 Å². The number of nitrogens with zero attached hydrogens (tertiary/aromatic N) is 1. The van der Waals surface area contributed by atoms with Crippen molar-refractivity contribution in [3.05, 3.63) is 24.3 Å². The van der Waals surface area contributed by atoms with E-state index in [1.54, 1.807) is 6.07 Å². The number of rotatable bonds is 5. The van der Waals surface area contributed by atoms with E-state index >= 15 is 0 Å². The highest BCUT2D eigenvalue weighted by molar-refractivity contribution is 5.97. The third-order valence-electron chi connectivity index (χ3n) is 4.49. The maximum Gasteiger partial charge on any atom is 0.241 e. The number of likely N-dealkylation sites (tertiary alicyclic amines) is 1. The lowest BCUT2D eigenvalue weighted by atomic mass is 9.92. The Balaban J connectivity index is 1.87. The van der Waals surface area contributed by atoms with Gasteiger partial charge in [0.1, 0.15) is 0 Å². The van der Waals surface area contributed by atoms with Crippen molar-refractivity contribution in [1.82, 2.24) is 4.90 Å². The number of nitrogen functional groups attached to an aromatic ring is 1. The molecule has 0 spiro atoms. The summed E-state index contributed by atoms with van der Waals surface area (Å²) < 4.78 is 0. The molecule has 1 aromatic carbocycles. The van der Waals surface area contributed by atoms with Crippen LogP contribution in [0.15, 0.2) is 24.3 Å². The minimum absolute atomic E-state index is 0.0295. The number of carbonyl (C=O) groups excluding carboxylic acids is 1. The minimum atomic E-state index is -0.104. The van der Waals surface area contributed by atoms with Crippen molar-refractivity contribution in [3.63, 3.8) is 0 Å². The lowest BCUT2D eigenvalue weighted by molar-refractivity contribution is -0.121. The molecule has 1 heterocycles. The second-order valence-corrected chi connectivity index (χ2v) is 6.02. The van der Waals surface area contributed by atoms with Gasteiger partial charge in [-0.2, -0.15) is 0 Å². The van der Waals surface area contributed by atoms with Gasteiger partial charge in [-0.3, -0.25) is 9.69 Å². The SMILES string of the molecule is CCCC1CCN(C(C)C(=O)Nc2ccccc2N)CC1. The highest BCUT2D eigenvalue weighted by atomic mass is 16.2. The number of nitrogens with one attached hydrogen (secondary N) is 1. The summed E-state index contributed by atoms with van der Waals surface area (Å²) in [6.45, 7) is 6.26. The highest BCUT2D eigenvalue weighted by Gasteiger charge is 2.26. The Morgan fingerprint density at radius 1 is 1.38 bits per heavy atom. The smallest absolute Gasteiger partial charge is 0.241 e. The number of anilines is 2. The van der Waals surface area contributed by atoms with Crippen LogP contribution in [0.1, 0.15) is 39.5 Å². The van der Waals surface area contributed by atoms with E-state index in [0.717, 1.165) is 19.0 Å². The Bertz CT molecular complexity index is 467. The summed E-state index contributed by atoms with van der Waals surface area (Å²) in [6, 6.07) is 7.29. The van der Waals surface area contributed by atoms with E-state index in [1.165, 1.54) is 25.7 Å². The van der Waals surface area contributed by atoms with Crippen LogP contribution in [0.3, 0.4) is 0 Å². The van der Waals surface area contributed by atoms with Gasteiger partial charge in [0.15, 0.2) is 0 Å². The van der Waals surface area contributed by atoms with Gasteiger partial charge < -0.3 is 11.1 Å². The topological polar surface area (TPSA) is 58.4 Å². The molecule has 1 aliphatic heterocycles. The zero-order valence-electron chi connectivity index (χ0n) is 13.1. The number of hydrogen-bond donors (Lipinski definition) is 2. The quantitative estimate of drug-likeness (QED) is 0.819. The first kappa shape index (κ1) is 15.8. The Hall–Kier alpha value is -1.55. The van der Waals surface area contributed by atoms with Gasteiger partial charge in [-0.1, -0.05) is 31.9 Å². The normalized spacial score (nSPS) is 18.4. The summed E-state index contributed by atoms with van der Waals surface area (Å²) in [5, 5.41) is 2.94. The summed E-state index contributed by atoms with van der Waals surface area (Å²) in [7, 11) is 0. The van der Waals surface area contributed by atoms with Gasteiger partial charge >= 0.3 is 0 Å². The first-order chi connectivity index (χ1) is 10.1. The predicted octanol–water partition coefficient (Wildman–Crippen LogP) is 3.11. The molecule has 0 aliphatic carbocycles. The van der Waals surface area contributed by atoms with Crippen LogP contribution >= 0.6 is 0 Å². The molecule has 1 fully saturated rings. The van der Waals surface area contributed by atoms with E-state index in [-0.39, 0.29) is 11.9 Å². The van der Waals surface area contributed by atoms with E-state index in [1.807, 2.05) is 25.1 Å². The van der Waals surface area contributed by atoms with Gasteiger partial charge in [0.05, 0.1) is 17.4 Å². The maximum atomic E-state index is 12.4. The summed E-state index contributed by atoms with van der Waals surface area (Å²) in [4.78, 5) is 14.6.